The lowest BCUT2D eigenvalue weighted by Gasteiger charge is -2.04. The number of benzene rings is 1. The average molecular weight is 266 g/mol. The van der Waals surface area contributed by atoms with Gasteiger partial charge in [-0.2, -0.15) is 0 Å². The smallest absolute Gasteiger partial charge is 0.269 e. The predicted molar refractivity (Wildman–Crippen MR) is 67.6 cm³/mol. The average Bonchev–Trinajstić information content (AvgIpc) is 2.38. The van der Waals surface area contributed by atoms with E-state index in [1.807, 2.05) is 0 Å². The third-order valence-electron chi connectivity index (χ3n) is 2.23. The van der Waals surface area contributed by atoms with Crippen LogP contribution in [0.2, 0.25) is 6.04 Å². The highest BCUT2D eigenvalue weighted by atomic mass is 28.2. The standard InChI is InChI=1S/C11H14N2O4Si/c1-17-18-8-2-7-12-11(14)9-3-5-10(6-4-9)13(15)16/h3-6H,2,7-8H2,1H3,(H,12,14). The number of amides is 1. The van der Waals surface area contributed by atoms with Gasteiger partial charge in [-0.1, -0.05) is 0 Å². The Morgan fingerprint density at radius 3 is 2.67 bits per heavy atom. The van der Waals surface area contributed by atoms with Crippen LogP contribution >= 0.6 is 0 Å². The summed E-state index contributed by atoms with van der Waals surface area (Å²) in [6.45, 7) is 0.576. The highest BCUT2D eigenvalue weighted by Crippen LogP contribution is 2.11. The molecule has 1 amide bonds. The summed E-state index contributed by atoms with van der Waals surface area (Å²) in [7, 11) is 2.10. The molecule has 0 saturated heterocycles. The van der Waals surface area contributed by atoms with Gasteiger partial charge in [0.2, 0.25) is 9.76 Å². The van der Waals surface area contributed by atoms with Crippen molar-refractivity contribution in [3.05, 3.63) is 39.9 Å². The van der Waals surface area contributed by atoms with Crippen molar-refractivity contribution < 1.29 is 14.1 Å². The van der Waals surface area contributed by atoms with Gasteiger partial charge in [0, 0.05) is 31.4 Å². The topological polar surface area (TPSA) is 81.5 Å². The maximum Gasteiger partial charge on any atom is 0.269 e. The largest absolute Gasteiger partial charge is 0.421 e. The summed E-state index contributed by atoms with van der Waals surface area (Å²) >= 11 is 0. The number of nitro groups is 1. The molecule has 0 fully saturated rings. The van der Waals surface area contributed by atoms with Gasteiger partial charge in [-0.15, -0.1) is 0 Å². The minimum Gasteiger partial charge on any atom is -0.421 e. The summed E-state index contributed by atoms with van der Waals surface area (Å²) in [6, 6.07) is 6.45. The fourth-order valence-electron chi connectivity index (χ4n) is 1.30. The maximum atomic E-state index is 11.6. The van der Waals surface area contributed by atoms with E-state index in [1.54, 1.807) is 7.11 Å². The Hall–Kier alpha value is -1.73. The van der Waals surface area contributed by atoms with Crippen molar-refractivity contribution in [1.82, 2.24) is 5.32 Å². The third-order valence-corrected chi connectivity index (χ3v) is 3.07. The molecule has 1 rings (SSSR count). The van der Waals surface area contributed by atoms with Crippen LogP contribution in [0.3, 0.4) is 0 Å². The van der Waals surface area contributed by atoms with E-state index in [1.165, 1.54) is 24.3 Å². The molecule has 0 heterocycles. The maximum absolute atomic E-state index is 11.6. The second-order valence-electron chi connectivity index (χ2n) is 3.51. The molecule has 0 spiro atoms. The molecule has 1 aromatic rings. The van der Waals surface area contributed by atoms with E-state index in [2.05, 4.69) is 5.32 Å². The molecule has 0 aliphatic carbocycles. The van der Waals surface area contributed by atoms with Gasteiger partial charge in [0.1, 0.15) is 0 Å². The SMILES string of the molecule is CO[Si]CCCNC(=O)c1ccc([N+](=O)[O-])cc1. The highest BCUT2D eigenvalue weighted by molar-refractivity contribution is 6.26. The van der Waals surface area contributed by atoms with Gasteiger partial charge >= 0.3 is 0 Å². The molecule has 1 aromatic carbocycles. The summed E-state index contributed by atoms with van der Waals surface area (Å²) in [5, 5.41) is 13.2. The number of nitro benzene ring substituents is 1. The van der Waals surface area contributed by atoms with Crippen LogP contribution in [0.4, 0.5) is 5.69 Å². The van der Waals surface area contributed by atoms with Crippen LogP contribution in [0.25, 0.3) is 0 Å². The van der Waals surface area contributed by atoms with Crippen molar-refractivity contribution in [2.45, 2.75) is 12.5 Å². The van der Waals surface area contributed by atoms with Crippen molar-refractivity contribution in [3.8, 4) is 0 Å². The minimum absolute atomic E-state index is 0.0205. The van der Waals surface area contributed by atoms with E-state index in [0.717, 1.165) is 12.5 Å². The third kappa shape index (κ3) is 4.64. The van der Waals surface area contributed by atoms with Crippen molar-refractivity contribution in [3.63, 3.8) is 0 Å². The van der Waals surface area contributed by atoms with Crippen LogP contribution in [0.5, 0.6) is 0 Å². The molecular formula is C11H14N2O4Si. The summed E-state index contributed by atoms with van der Waals surface area (Å²) in [6.07, 6.45) is 0.852. The number of nitrogens with one attached hydrogen (secondary N) is 1. The van der Waals surface area contributed by atoms with Crippen molar-refractivity contribution in [2.75, 3.05) is 13.7 Å². The van der Waals surface area contributed by atoms with Crippen LogP contribution in [0.1, 0.15) is 16.8 Å². The summed E-state index contributed by atoms with van der Waals surface area (Å²) in [5.41, 5.74) is 0.405. The molecule has 1 N–H and O–H groups in total. The molecule has 2 radical (unpaired) electrons. The molecule has 96 valence electrons. The molecule has 7 heteroatoms. The number of nitrogens with zero attached hydrogens (tertiary/aromatic N) is 1. The molecule has 0 unspecified atom stereocenters. The molecule has 0 bridgehead atoms. The minimum atomic E-state index is -0.493. The number of hydrogen-bond acceptors (Lipinski definition) is 4. The molecule has 6 nitrogen and oxygen atoms in total. The molecule has 0 aromatic heterocycles. The first-order valence-electron chi connectivity index (χ1n) is 5.43. The number of rotatable bonds is 7. The number of carbonyl (C=O) groups excluding carboxylic acids is 1. The molecule has 0 atom stereocenters. The molecule has 0 saturated carbocycles. The van der Waals surface area contributed by atoms with Crippen LogP contribution in [-0.4, -0.2) is 34.2 Å². The zero-order valence-electron chi connectivity index (χ0n) is 10.0. The summed E-state index contributed by atoms with van der Waals surface area (Å²) < 4.78 is 4.92. The Morgan fingerprint density at radius 1 is 1.44 bits per heavy atom. The first kappa shape index (κ1) is 14.3. The lowest BCUT2D eigenvalue weighted by molar-refractivity contribution is -0.384. The van der Waals surface area contributed by atoms with Crippen molar-refractivity contribution >= 4 is 21.4 Å². The lowest BCUT2D eigenvalue weighted by Crippen LogP contribution is -2.24. The summed E-state index contributed by atoms with van der Waals surface area (Å²) in [4.78, 5) is 21.6. The lowest BCUT2D eigenvalue weighted by atomic mass is 10.2. The molecule has 18 heavy (non-hydrogen) atoms. The Bertz CT molecular complexity index is 408. The second-order valence-corrected chi connectivity index (χ2v) is 4.71. The van der Waals surface area contributed by atoms with E-state index in [4.69, 9.17) is 4.43 Å². The van der Waals surface area contributed by atoms with Gasteiger partial charge in [-0.25, -0.2) is 0 Å². The van der Waals surface area contributed by atoms with Crippen molar-refractivity contribution in [2.24, 2.45) is 0 Å². The fraction of sp³-hybridized carbons (Fsp3) is 0.364. The van der Waals surface area contributed by atoms with Gasteiger partial charge in [-0.3, -0.25) is 14.9 Å². The normalized spacial score (nSPS) is 10.1. The van der Waals surface area contributed by atoms with Crippen LogP contribution in [0.15, 0.2) is 24.3 Å². The molecule has 0 aliphatic rings. The second kappa shape index (κ2) is 7.57. The fourth-order valence-corrected chi connectivity index (χ4v) is 1.83. The van der Waals surface area contributed by atoms with Crippen LogP contribution in [0, 0.1) is 10.1 Å². The first-order valence-corrected chi connectivity index (χ1v) is 6.55. The molecular weight excluding hydrogens is 252 g/mol. The van der Waals surface area contributed by atoms with Crippen LogP contribution in [-0.2, 0) is 4.43 Å². The monoisotopic (exact) mass is 266 g/mol. The van der Waals surface area contributed by atoms with E-state index in [0.29, 0.717) is 21.9 Å². The zero-order valence-corrected chi connectivity index (χ0v) is 11.0. The first-order chi connectivity index (χ1) is 8.65. The van der Waals surface area contributed by atoms with Crippen LogP contribution < -0.4 is 5.32 Å². The number of non-ortho nitro benzene ring substituents is 1. The molecule has 0 aliphatic heterocycles. The van der Waals surface area contributed by atoms with Gasteiger partial charge in [-0.05, 0) is 24.6 Å². The van der Waals surface area contributed by atoms with Crippen molar-refractivity contribution in [1.29, 1.82) is 0 Å². The Kier molecular flexibility index (Phi) is 6.02. The zero-order chi connectivity index (χ0) is 13.4. The number of hydrogen-bond donors (Lipinski definition) is 1. The van der Waals surface area contributed by atoms with Gasteiger partial charge in [0.25, 0.3) is 11.6 Å². The van der Waals surface area contributed by atoms with E-state index in [-0.39, 0.29) is 11.6 Å². The van der Waals surface area contributed by atoms with E-state index >= 15 is 0 Å². The Labute approximate surface area is 107 Å². The highest BCUT2D eigenvalue weighted by Gasteiger charge is 2.08. The summed E-state index contributed by atoms with van der Waals surface area (Å²) in [5.74, 6) is -0.217. The number of carbonyl (C=O) groups is 1. The predicted octanol–water partition coefficient (Wildman–Crippen LogP) is 1.40. The Balaban J connectivity index is 2.39. The Morgan fingerprint density at radius 2 is 2.11 bits per heavy atom. The van der Waals surface area contributed by atoms with E-state index in [9.17, 15) is 14.9 Å². The van der Waals surface area contributed by atoms with Gasteiger partial charge < -0.3 is 9.74 Å². The van der Waals surface area contributed by atoms with Gasteiger partial charge in [0.15, 0.2) is 0 Å². The van der Waals surface area contributed by atoms with Gasteiger partial charge in [0.05, 0.1) is 4.92 Å². The van der Waals surface area contributed by atoms with E-state index < -0.39 is 4.92 Å². The quantitative estimate of drug-likeness (QED) is 0.350.